The van der Waals surface area contributed by atoms with E-state index in [1.54, 1.807) is 31.2 Å². The summed E-state index contributed by atoms with van der Waals surface area (Å²) >= 11 is 5.77. The second-order valence-corrected chi connectivity index (χ2v) is 4.40. The van der Waals surface area contributed by atoms with Gasteiger partial charge in [-0.15, -0.1) is 0 Å². The fraction of sp³-hybridized carbons (Fsp3) is 0.167. The lowest BCUT2D eigenvalue weighted by Crippen LogP contribution is -2.15. The third-order valence-electron chi connectivity index (χ3n) is 2.53. The van der Waals surface area contributed by atoms with Crippen LogP contribution in [0.5, 0.6) is 0 Å². The Labute approximate surface area is 109 Å². The molecule has 0 saturated heterocycles. The standard InChI is InChI=1S/C12H13ClN4O/c1-7-11(14)12(17-16-7)15-10(18)6-8-2-4-9(13)5-3-8/h2-5H,6,14H2,1H3,(H2,15,16,17,18). The minimum absolute atomic E-state index is 0.171. The number of hydrogen-bond donors (Lipinski definition) is 3. The summed E-state index contributed by atoms with van der Waals surface area (Å²) in [7, 11) is 0. The molecule has 2 aromatic rings. The van der Waals surface area contributed by atoms with Crippen molar-refractivity contribution in [1.29, 1.82) is 0 Å². The third kappa shape index (κ3) is 2.81. The summed E-state index contributed by atoms with van der Waals surface area (Å²) in [5.74, 6) is 0.196. The summed E-state index contributed by atoms with van der Waals surface area (Å²) in [6.07, 6.45) is 0.252. The molecule has 0 saturated carbocycles. The number of carbonyl (C=O) groups excluding carboxylic acids is 1. The molecule has 0 unspecified atom stereocenters. The Kier molecular flexibility index (Phi) is 3.53. The van der Waals surface area contributed by atoms with Crippen molar-refractivity contribution in [3.63, 3.8) is 0 Å². The Morgan fingerprint density at radius 3 is 2.67 bits per heavy atom. The first kappa shape index (κ1) is 12.4. The number of benzene rings is 1. The lowest BCUT2D eigenvalue weighted by Gasteiger charge is -2.03. The smallest absolute Gasteiger partial charge is 0.230 e. The average Bonchev–Trinajstić information content (AvgIpc) is 2.64. The van der Waals surface area contributed by atoms with Crippen LogP contribution in [-0.4, -0.2) is 16.1 Å². The highest BCUT2D eigenvalue weighted by atomic mass is 35.5. The van der Waals surface area contributed by atoms with Crippen molar-refractivity contribution in [3.8, 4) is 0 Å². The Balaban J connectivity index is 2.01. The van der Waals surface area contributed by atoms with E-state index in [4.69, 9.17) is 17.3 Å². The van der Waals surface area contributed by atoms with Crippen LogP contribution in [0, 0.1) is 6.92 Å². The van der Waals surface area contributed by atoms with Gasteiger partial charge < -0.3 is 11.1 Å². The van der Waals surface area contributed by atoms with E-state index >= 15 is 0 Å². The number of carbonyl (C=O) groups is 1. The zero-order valence-corrected chi connectivity index (χ0v) is 10.6. The second-order valence-electron chi connectivity index (χ2n) is 3.96. The van der Waals surface area contributed by atoms with E-state index < -0.39 is 0 Å². The largest absolute Gasteiger partial charge is 0.394 e. The SMILES string of the molecule is Cc1[nH]nc(NC(=O)Cc2ccc(Cl)cc2)c1N. The van der Waals surface area contributed by atoms with E-state index in [0.717, 1.165) is 11.3 Å². The molecule has 2 rings (SSSR count). The van der Waals surface area contributed by atoms with Crippen molar-refractivity contribution >= 4 is 29.0 Å². The molecular formula is C12H13ClN4O. The number of nitrogens with one attached hydrogen (secondary N) is 2. The van der Waals surface area contributed by atoms with Crippen LogP contribution in [-0.2, 0) is 11.2 Å². The third-order valence-corrected chi connectivity index (χ3v) is 2.78. The molecule has 0 atom stereocenters. The molecule has 5 nitrogen and oxygen atoms in total. The first-order valence-corrected chi connectivity index (χ1v) is 5.79. The molecule has 0 radical (unpaired) electrons. The highest BCUT2D eigenvalue weighted by Gasteiger charge is 2.10. The molecule has 18 heavy (non-hydrogen) atoms. The van der Waals surface area contributed by atoms with Crippen LogP contribution in [0.15, 0.2) is 24.3 Å². The Bertz CT molecular complexity index is 562. The van der Waals surface area contributed by atoms with Gasteiger partial charge in [-0.2, -0.15) is 5.10 Å². The Morgan fingerprint density at radius 2 is 2.11 bits per heavy atom. The molecule has 94 valence electrons. The number of aryl methyl sites for hydroxylation is 1. The van der Waals surface area contributed by atoms with Crippen molar-refractivity contribution < 1.29 is 4.79 Å². The molecule has 1 aromatic heterocycles. The predicted octanol–water partition coefficient (Wildman–Crippen LogP) is 2.13. The van der Waals surface area contributed by atoms with Crippen LogP contribution in [0.1, 0.15) is 11.3 Å². The van der Waals surface area contributed by atoms with Gasteiger partial charge in [-0.05, 0) is 24.6 Å². The first-order chi connectivity index (χ1) is 8.56. The summed E-state index contributed by atoms with van der Waals surface area (Å²) in [6.45, 7) is 1.79. The number of amides is 1. The molecule has 0 aliphatic carbocycles. The van der Waals surface area contributed by atoms with Gasteiger partial charge in [0.15, 0.2) is 5.82 Å². The van der Waals surface area contributed by atoms with E-state index in [2.05, 4.69) is 15.5 Å². The molecule has 0 bridgehead atoms. The summed E-state index contributed by atoms with van der Waals surface area (Å²) < 4.78 is 0. The van der Waals surface area contributed by atoms with Crippen LogP contribution >= 0.6 is 11.6 Å². The average molecular weight is 265 g/mol. The number of halogens is 1. The normalized spacial score (nSPS) is 10.3. The number of H-pyrrole nitrogens is 1. The number of nitrogens with two attached hydrogens (primary N) is 1. The molecule has 1 heterocycles. The van der Waals surface area contributed by atoms with Gasteiger partial charge >= 0.3 is 0 Å². The van der Waals surface area contributed by atoms with Gasteiger partial charge in [0.05, 0.1) is 17.8 Å². The van der Waals surface area contributed by atoms with E-state index in [1.165, 1.54) is 0 Å². The number of anilines is 2. The molecule has 1 amide bonds. The topological polar surface area (TPSA) is 83.8 Å². The van der Waals surface area contributed by atoms with E-state index in [1.807, 2.05) is 0 Å². The summed E-state index contributed by atoms with van der Waals surface area (Å²) in [5.41, 5.74) is 7.81. The van der Waals surface area contributed by atoms with Crippen molar-refractivity contribution in [3.05, 3.63) is 40.5 Å². The molecule has 0 spiro atoms. The molecule has 4 N–H and O–H groups in total. The summed E-state index contributed by atoms with van der Waals surface area (Å²) in [4.78, 5) is 11.8. The fourth-order valence-corrected chi connectivity index (χ4v) is 1.62. The fourth-order valence-electron chi connectivity index (χ4n) is 1.50. The number of nitrogen functional groups attached to an aromatic ring is 1. The van der Waals surface area contributed by atoms with Gasteiger partial charge in [0.1, 0.15) is 0 Å². The quantitative estimate of drug-likeness (QED) is 0.794. The van der Waals surface area contributed by atoms with Crippen molar-refractivity contribution in [2.75, 3.05) is 11.1 Å². The van der Waals surface area contributed by atoms with E-state index in [-0.39, 0.29) is 12.3 Å². The zero-order valence-electron chi connectivity index (χ0n) is 9.83. The lowest BCUT2D eigenvalue weighted by atomic mass is 10.1. The van der Waals surface area contributed by atoms with Crippen molar-refractivity contribution in [2.24, 2.45) is 0 Å². The number of nitrogens with zero attached hydrogens (tertiary/aromatic N) is 1. The zero-order chi connectivity index (χ0) is 13.1. The van der Waals surface area contributed by atoms with Crippen molar-refractivity contribution in [2.45, 2.75) is 13.3 Å². The summed E-state index contributed by atoms with van der Waals surface area (Å²) in [5, 5.41) is 9.91. The van der Waals surface area contributed by atoms with E-state index in [9.17, 15) is 4.79 Å². The van der Waals surface area contributed by atoms with Gasteiger partial charge in [-0.1, -0.05) is 23.7 Å². The maximum Gasteiger partial charge on any atom is 0.230 e. The minimum Gasteiger partial charge on any atom is -0.394 e. The van der Waals surface area contributed by atoms with Gasteiger partial charge in [0.25, 0.3) is 0 Å². The number of aromatic nitrogens is 2. The van der Waals surface area contributed by atoms with Crippen LogP contribution < -0.4 is 11.1 Å². The van der Waals surface area contributed by atoms with Crippen LogP contribution in [0.2, 0.25) is 5.02 Å². The van der Waals surface area contributed by atoms with Gasteiger partial charge in [0.2, 0.25) is 5.91 Å². The number of hydrogen-bond acceptors (Lipinski definition) is 3. The number of rotatable bonds is 3. The molecule has 0 aliphatic heterocycles. The molecule has 6 heteroatoms. The maximum atomic E-state index is 11.8. The van der Waals surface area contributed by atoms with Gasteiger partial charge in [-0.3, -0.25) is 9.89 Å². The molecule has 0 fully saturated rings. The van der Waals surface area contributed by atoms with Crippen molar-refractivity contribution in [1.82, 2.24) is 10.2 Å². The molecule has 1 aromatic carbocycles. The summed E-state index contributed by atoms with van der Waals surface area (Å²) in [6, 6.07) is 7.11. The maximum absolute atomic E-state index is 11.8. The van der Waals surface area contributed by atoms with Crippen LogP contribution in [0.25, 0.3) is 0 Å². The van der Waals surface area contributed by atoms with Crippen LogP contribution in [0.4, 0.5) is 11.5 Å². The van der Waals surface area contributed by atoms with Gasteiger partial charge in [-0.25, -0.2) is 0 Å². The lowest BCUT2D eigenvalue weighted by molar-refractivity contribution is -0.115. The second kappa shape index (κ2) is 5.10. The molecular weight excluding hydrogens is 252 g/mol. The highest BCUT2D eigenvalue weighted by Crippen LogP contribution is 2.18. The van der Waals surface area contributed by atoms with E-state index in [0.29, 0.717) is 16.5 Å². The molecule has 0 aliphatic rings. The predicted molar refractivity (Wildman–Crippen MR) is 71.5 cm³/mol. The monoisotopic (exact) mass is 264 g/mol. The Morgan fingerprint density at radius 1 is 1.44 bits per heavy atom. The highest BCUT2D eigenvalue weighted by molar-refractivity contribution is 6.30. The Hall–Kier alpha value is -2.01. The van der Waals surface area contributed by atoms with Gasteiger partial charge in [0, 0.05) is 5.02 Å². The first-order valence-electron chi connectivity index (χ1n) is 5.41. The number of aromatic amines is 1. The minimum atomic E-state index is -0.171. The van der Waals surface area contributed by atoms with Crippen LogP contribution in [0.3, 0.4) is 0 Å².